The summed E-state index contributed by atoms with van der Waals surface area (Å²) < 4.78 is 2.52. The van der Waals surface area contributed by atoms with Crippen molar-refractivity contribution in [2.24, 2.45) is 0 Å². The van der Waals surface area contributed by atoms with Gasteiger partial charge in [0, 0.05) is 9.58 Å². The molecule has 2 rings (SSSR count). The predicted molar refractivity (Wildman–Crippen MR) is 64.4 cm³/mol. The van der Waals surface area contributed by atoms with Gasteiger partial charge in [0.15, 0.2) is 0 Å². The normalized spacial score (nSPS) is 12.3. The molecule has 0 nitrogen and oxygen atoms in total. The number of rotatable bonds is 1. The Balaban J connectivity index is 2.56. The lowest BCUT2D eigenvalue weighted by Crippen LogP contribution is -1.58. The number of fused-ring (bicyclic) bond motifs is 1. The molecule has 0 unspecified atom stereocenters. The van der Waals surface area contributed by atoms with Gasteiger partial charge in [-0.05, 0) is 35.0 Å². The van der Waals surface area contributed by atoms with Crippen molar-refractivity contribution in [1.82, 2.24) is 0 Å². The molecule has 1 aromatic carbocycles. The van der Waals surface area contributed by atoms with E-state index in [9.17, 15) is 0 Å². The van der Waals surface area contributed by atoms with E-state index in [1.165, 1.54) is 19.4 Å². The van der Waals surface area contributed by atoms with Crippen LogP contribution >= 0.6 is 27.3 Å². The second-order valence-corrected chi connectivity index (χ2v) is 5.28. The zero-order chi connectivity index (χ0) is 9.26. The molecule has 13 heavy (non-hydrogen) atoms. The monoisotopic (exact) mass is 252 g/mol. The third-order valence-corrected chi connectivity index (χ3v) is 3.08. The van der Waals surface area contributed by atoms with Gasteiger partial charge in [0.25, 0.3) is 0 Å². The minimum absolute atomic E-state index is 1.17. The predicted octanol–water partition coefficient (Wildman–Crippen LogP) is 4.66. The molecule has 0 N–H and O–H groups in total. The number of hydrogen-bond acceptors (Lipinski definition) is 1. The summed E-state index contributed by atoms with van der Waals surface area (Å²) in [6.07, 6.45) is 2.14. The summed E-state index contributed by atoms with van der Waals surface area (Å²) in [4.78, 5) is 1.30. The highest BCUT2D eigenvalue weighted by Crippen LogP contribution is 2.27. The summed E-state index contributed by atoms with van der Waals surface area (Å²) in [7, 11) is 0. The molecule has 0 atom stereocenters. The lowest BCUT2D eigenvalue weighted by molar-refractivity contribution is 1.75. The van der Waals surface area contributed by atoms with E-state index in [2.05, 4.69) is 52.3 Å². The van der Waals surface area contributed by atoms with Crippen LogP contribution in [0.2, 0.25) is 0 Å². The van der Waals surface area contributed by atoms with Crippen LogP contribution in [0.1, 0.15) is 11.8 Å². The molecule has 0 aliphatic rings. The fraction of sp³-hybridized carbons (Fsp3) is 0.0909. The Hall–Kier alpha value is -0.600. The van der Waals surface area contributed by atoms with E-state index in [4.69, 9.17) is 0 Å². The van der Waals surface area contributed by atoms with Gasteiger partial charge in [-0.3, -0.25) is 0 Å². The highest BCUT2D eigenvalue weighted by atomic mass is 79.9. The van der Waals surface area contributed by atoms with Crippen molar-refractivity contribution < 1.29 is 0 Å². The number of benzene rings is 1. The number of allylic oxidation sites excluding steroid dienone is 1. The Morgan fingerprint density at radius 2 is 2.15 bits per heavy atom. The third-order valence-electron chi connectivity index (χ3n) is 1.79. The van der Waals surface area contributed by atoms with Gasteiger partial charge in [-0.2, -0.15) is 0 Å². The number of thiophene rings is 1. The Bertz CT molecular complexity index is 417. The average molecular weight is 253 g/mol. The smallest absolute Gasteiger partial charge is 0.0349 e. The van der Waals surface area contributed by atoms with Gasteiger partial charge < -0.3 is 0 Å². The molecule has 0 amide bonds. The summed E-state index contributed by atoms with van der Waals surface area (Å²) >= 11 is 5.26. The molecule has 0 bridgehead atoms. The van der Waals surface area contributed by atoms with Crippen LogP contribution in [-0.4, -0.2) is 0 Å². The van der Waals surface area contributed by atoms with Crippen LogP contribution in [0.3, 0.4) is 0 Å². The van der Waals surface area contributed by atoms with Crippen LogP contribution in [0.5, 0.6) is 0 Å². The van der Waals surface area contributed by atoms with E-state index in [1.54, 1.807) is 0 Å². The quantitative estimate of drug-likeness (QED) is 0.693. The Kier molecular flexibility index (Phi) is 2.51. The maximum Gasteiger partial charge on any atom is 0.0349 e. The standard InChI is InChI=1S/C11H9BrS/c1-8(12)6-10-7-9-4-2-3-5-11(9)13-10/h2-7H,1H3/b8-6-. The zero-order valence-corrected chi connectivity index (χ0v) is 9.65. The van der Waals surface area contributed by atoms with Gasteiger partial charge in [-0.1, -0.05) is 34.1 Å². The Labute approximate surface area is 90.0 Å². The van der Waals surface area contributed by atoms with Crippen LogP contribution in [0.4, 0.5) is 0 Å². The fourth-order valence-electron chi connectivity index (χ4n) is 1.27. The summed E-state index contributed by atoms with van der Waals surface area (Å²) in [5, 5.41) is 1.33. The van der Waals surface area contributed by atoms with Gasteiger partial charge in [0.05, 0.1) is 0 Å². The van der Waals surface area contributed by atoms with Crippen LogP contribution < -0.4 is 0 Å². The van der Waals surface area contributed by atoms with Crippen molar-refractivity contribution in [3.63, 3.8) is 0 Å². The molecule has 1 aromatic heterocycles. The molecular weight excluding hydrogens is 244 g/mol. The van der Waals surface area contributed by atoms with Gasteiger partial charge in [-0.25, -0.2) is 0 Å². The van der Waals surface area contributed by atoms with E-state index in [-0.39, 0.29) is 0 Å². The Morgan fingerprint density at radius 3 is 2.85 bits per heavy atom. The van der Waals surface area contributed by atoms with E-state index in [1.807, 2.05) is 18.3 Å². The third kappa shape index (κ3) is 2.01. The molecule has 0 saturated heterocycles. The summed E-state index contributed by atoms with van der Waals surface area (Å²) in [5.41, 5.74) is 0. The highest BCUT2D eigenvalue weighted by molar-refractivity contribution is 9.11. The van der Waals surface area contributed by atoms with E-state index in [0.29, 0.717) is 0 Å². The van der Waals surface area contributed by atoms with Crippen molar-refractivity contribution in [2.45, 2.75) is 6.92 Å². The SMILES string of the molecule is C/C(Br)=C/c1cc2ccccc2s1. The first-order valence-corrected chi connectivity index (χ1v) is 5.69. The molecule has 2 aromatic rings. The van der Waals surface area contributed by atoms with Gasteiger partial charge >= 0.3 is 0 Å². The van der Waals surface area contributed by atoms with Crippen LogP contribution in [0, 0.1) is 0 Å². The molecule has 0 spiro atoms. The first-order chi connectivity index (χ1) is 6.25. The lowest BCUT2D eigenvalue weighted by atomic mass is 10.2. The minimum atomic E-state index is 1.17. The molecule has 1 heterocycles. The Morgan fingerprint density at radius 1 is 1.38 bits per heavy atom. The van der Waals surface area contributed by atoms with E-state index >= 15 is 0 Å². The average Bonchev–Trinajstić information content (AvgIpc) is 2.44. The zero-order valence-electron chi connectivity index (χ0n) is 7.25. The molecule has 0 radical (unpaired) electrons. The highest BCUT2D eigenvalue weighted by Gasteiger charge is 1.97. The van der Waals surface area contributed by atoms with Crippen molar-refractivity contribution in [2.75, 3.05) is 0 Å². The lowest BCUT2D eigenvalue weighted by Gasteiger charge is -1.83. The topological polar surface area (TPSA) is 0 Å². The fourth-order valence-corrected chi connectivity index (χ4v) is 2.73. The van der Waals surface area contributed by atoms with Crippen molar-refractivity contribution in [1.29, 1.82) is 0 Å². The molecule has 0 aliphatic heterocycles. The first kappa shape index (κ1) is 8.97. The number of halogens is 1. The van der Waals surface area contributed by atoms with Crippen LogP contribution in [0.25, 0.3) is 16.2 Å². The summed E-state index contributed by atoms with van der Waals surface area (Å²) in [6, 6.07) is 10.7. The van der Waals surface area contributed by atoms with Crippen molar-refractivity contribution >= 4 is 43.4 Å². The summed E-state index contributed by atoms with van der Waals surface area (Å²) in [6.45, 7) is 2.05. The first-order valence-electron chi connectivity index (χ1n) is 4.08. The minimum Gasteiger partial charge on any atom is -0.136 e. The molecule has 66 valence electrons. The molecule has 0 fully saturated rings. The molecule has 2 heteroatoms. The van der Waals surface area contributed by atoms with E-state index < -0.39 is 0 Å². The second-order valence-electron chi connectivity index (χ2n) is 2.92. The van der Waals surface area contributed by atoms with Gasteiger partial charge in [0.1, 0.15) is 0 Å². The number of hydrogen-bond donors (Lipinski definition) is 0. The molecular formula is C11H9BrS. The molecule has 0 saturated carbocycles. The second kappa shape index (κ2) is 3.64. The maximum absolute atomic E-state index is 3.44. The van der Waals surface area contributed by atoms with Crippen LogP contribution in [0.15, 0.2) is 34.8 Å². The van der Waals surface area contributed by atoms with Crippen molar-refractivity contribution in [3.8, 4) is 0 Å². The maximum atomic E-state index is 3.44. The summed E-state index contributed by atoms with van der Waals surface area (Å²) in [5.74, 6) is 0. The van der Waals surface area contributed by atoms with Gasteiger partial charge in [0.2, 0.25) is 0 Å². The van der Waals surface area contributed by atoms with Crippen LogP contribution in [-0.2, 0) is 0 Å². The van der Waals surface area contributed by atoms with E-state index in [0.717, 1.165) is 0 Å². The molecule has 0 aliphatic carbocycles. The van der Waals surface area contributed by atoms with Crippen molar-refractivity contribution in [3.05, 3.63) is 39.7 Å². The largest absolute Gasteiger partial charge is 0.136 e. The van der Waals surface area contributed by atoms with Gasteiger partial charge in [-0.15, -0.1) is 11.3 Å².